The molecule has 0 bridgehead atoms. The number of benzene rings is 1. The summed E-state index contributed by atoms with van der Waals surface area (Å²) in [5, 5.41) is 5.38. The van der Waals surface area contributed by atoms with Gasteiger partial charge in [0.15, 0.2) is 5.78 Å². The Morgan fingerprint density at radius 2 is 2.24 bits per heavy atom. The molecule has 3 rings (SSSR count). The molecule has 0 spiro atoms. The van der Waals surface area contributed by atoms with E-state index in [1.165, 1.54) is 26.0 Å². The third kappa shape index (κ3) is 4.97. The maximum atomic E-state index is 13.1. The molecule has 156 valence electrons. The molecule has 2 heterocycles. The van der Waals surface area contributed by atoms with Crippen LogP contribution in [0.3, 0.4) is 0 Å². The third-order valence-electron chi connectivity index (χ3n) is 4.85. The SMILES string of the molecule is CO/N=C(/C)C1=C(C)N(CC2CCCO2)C(=CC(=O)c2cc(Cl)ccc2OC)S1. The number of rotatable bonds is 7. The molecular weight excluding hydrogens is 412 g/mol. The fourth-order valence-corrected chi connectivity index (χ4v) is 4.74. The average molecular weight is 437 g/mol. The van der Waals surface area contributed by atoms with Crippen molar-refractivity contribution < 1.29 is 19.1 Å². The van der Waals surface area contributed by atoms with Crippen LogP contribution in [0, 0.1) is 0 Å². The second-order valence-electron chi connectivity index (χ2n) is 6.81. The Morgan fingerprint density at radius 1 is 1.45 bits per heavy atom. The normalized spacial score (nSPS) is 21.3. The Kier molecular flexibility index (Phi) is 7.27. The van der Waals surface area contributed by atoms with E-state index in [9.17, 15) is 4.79 Å². The van der Waals surface area contributed by atoms with Crippen LogP contribution in [0.4, 0.5) is 0 Å². The number of thioether (sulfide) groups is 1. The molecule has 0 saturated carbocycles. The van der Waals surface area contributed by atoms with Gasteiger partial charge in [-0.2, -0.15) is 0 Å². The number of nitrogens with zero attached hydrogens (tertiary/aromatic N) is 2. The molecule has 2 aliphatic rings. The van der Waals surface area contributed by atoms with Crippen LogP contribution in [0.15, 0.2) is 45.1 Å². The number of methoxy groups -OCH3 is 1. The molecule has 0 aromatic heterocycles. The van der Waals surface area contributed by atoms with Gasteiger partial charge in [0, 0.05) is 29.9 Å². The number of halogens is 1. The Balaban J connectivity index is 1.94. The van der Waals surface area contributed by atoms with Gasteiger partial charge in [-0.3, -0.25) is 4.79 Å². The molecule has 0 radical (unpaired) electrons. The number of carbonyl (C=O) groups is 1. The molecule has 6 nitrogen and oxygen atoms in total. The van der Waals surface area contributed by atoms with Gasteiger partial charge in [0.2, 0.25) is 0 Å². The van der Waals surface area contributed by atoms with E-state index < -0.39 is 0 Å². The molecule has 2 aliphatic heterocycles. The van der Waals surface area contributed by atoms with Gasteiger partial charge in [0.25, 0.3) is 0 Å². The van der Waals surface area contributed by atoms with Gasteiger partial charge in [-0.1, -0.05) is 28.5 Å². The molecule has 1 saturated heterocycles. The van der Waals surface area contributed by atoms with Crippen molar-refractivity contribution in [2.24, 2.45) is 5.16 Å². The summed E-state index contributed by atoms with van der Waals surface area (Å²) in [5.74, 6) is 0.325. The van der Waals surface area contributed by atoms with Gasteiger partial charge in [-0.05, 0) is 44.9 Å². The zero-order valence-corrected chi connectivity index (χ0v) is 18.6. The van der Waals surface area contributed by atoms with Crippen LogP contribution in [-0.2, 0) is 9.57 Å². The minimum absolute atomic E-state index is 0.142. The molecule has 29 heavy (non-hydrogen) atoms. The molecule has 1 aromatic carbocycles. The van der Waals surface area contributed by atoms with Crippen molar-refractivity contribution in [3.63, 3.8) is 0 Å². The number of ether oxygens (including phenoxy) is 2. The van der Waals surface area contributed by atoms with Gasteiger partial charge < -0.3 is 19.2 Å². The highest BCUT2D eigenvalue weighted by Gasteiger charge is 2.31. The van der Waals surface area contributed by atoms with E-state index in [-0.39, 0.29) is 11.9 Å². The molecule has 0 amide bonds. The number of allylic oxidation sites excluding steroid dienone is 3. The van der Waals surface area contributed by atoms with E-state index >= 15 is 0 Å². The monoisotopic (exact) mass is 436 g/mol. The predicted octanol–water partition coefficient (Wildman–Crippen LogP) is 4.85. The summed E-state index contributed by atoms with van der Waals surface area (Å²) in [6.45, 7) is 5.39. The summed E-state index contributed by atoms with van der Waals surface area (Å²) in [6.07, 6.45) is 3.84. The van der Waals surface area contributed by atoms with Crippen LogP contribution in [0.5, 0.6) is 5.75 Å². The third-order valence-corrected chi connectivity index (χ3v) is 6.43. The molecule has 1 fully saturated rings. The zero-order valence-electron chi connectivity index (χ0n) is 17.0. The highest BCUT2D eigenvalue weighted by Crippen LogP contribution is 2.42. The van der Waals surface area contributed by atoms with Crippen molar-refractivity contribution in [2.75, 3.05) is 27.4 Å². The van der Waals surface area contributed by atoms with E-state index in [4.69, 9.17) is 25.9 Å². The lowest BCUT2D eigenvalue weighted by atomic mass is 10.1. The second-order valence-corrected chi connectivity index (χ2v) is 8.28. The first-order valence-corrected chi connectivity index (χ1v) is 10.6. The standard InChI is InChI=1S/C21H25ClN2O4S/c1-13(23-27-4)21-14(2)24(12-16-6-5-9-28-16)20(29-21)11-18(25)17-10-15(22)7-8-19(17)26-3/h7-8,10-11,16H,5-6,9,12H2,1-4H3/b20-11?,23-13-. The van der Waals surface area contributed by atoms with Gasteiger partial charge >= 0.3 is 0 Å². The van der Waals surface area contributed by atoms with Crippen LogP contribution in [0.25, 0.3) is 0 Å². The molecule has 1 atom stereocenters. The maximum Gasteiger partial charge on any atom is 0.192 e. The Labute approximate surface area is 180 Å². The molecule has 1 unspecified atom stereocenters. The lowest BCUT2D eigenvalue weighted by molar-refractivity contribution is 0.0923. The van der Waals surface area contributed by atoms with E-state index in [0.29, 0.717) is 22.9 Å². The number of carbonyl (C=O) groups excluding carboxylic acids is 1. The fourth-order valence-electron chi connectivity index (χ4n) is 3.42. The predicted molar refractivity (Wildman–Crippen MR) is 117 cm³/mol. The van der Waals surface area contributed by atoms with Crippen LogP contribution < -0.4 is 4.74 Å². The molecule has 0 aliphatic carbocycles. The van der Waals surface area contributed by atoms with Crippen LogP contribution in [0.2, 0.25) is 5.02 Å². The van der Waals surface area contributed by atoms with Gasteiger partial charge in [-0.25, -0.2) is 0 Å². The first-order chi connectivity index (χ1) is 13.9. The van der Waals surface area contributed by atoms with Crippen molar-refractivity contribution in [1.29, 1.82) is 0 Å². The zero-order chi connectivity index (χ0) is 21.0. The smallest absolute Gasteiger partial charge is 0.192 e. The van der Waals surface area contributed by atoms with Crippen LogP contribution in [-0.4, -0.2) is 49.9 Å². The van der Waals surface area contributed by atoms with Crippen molar-refractivity contribution in [3.8, 4) is 5.75 Å². The number of ketones is 1. The first-order valence-electron chi connectivity index (χ1n) is 9.40. The fraction of sp³-hybridized carbons (Fsp3) is 0.429. The number of hydrogen-bond donors (Lipinski definition) is 0. The molecule has 8 heteroatoms. The summed E-state index contributed by atoms with van der Waals surface area (Å²) in [5.41, 5.74) is 2.22. The summed E-state index contributed by atoms with van der Waals surface area (Å²) >= 11 is 7.61. The maximum absolute atomic E-state index is 13.1. The molecule has 1 aromatic rings. The van der Waals surface area contributed by atoms with E-state index in [0.717, 1.165) is 40.8 Å². The Hall–Kier alpha value is -1.96. The van der Waals surface area contributed by atoms with Crippen molar-refractivity contribution in [3.05, 3.63) is 50.5 Å². The van der Waals surface area contributed by atoms with E-state index in [1.807, 2.05) is 13.8 Å². The summed E-state index contributed by atoms with van der Waals surface area (Å²) in [6, 6.07) is 5.03. The lowest BCUT2D eigenvalue weighted by Gasteiger charge is -2.24. The summed E-state index contributed by atoms with van der Waals surface area (Å²) in [7, 11) is 3.06. The Morgan fingerprint density at radius 3 is 2.90 bits per heavy atom. The highest BCUT2D eigenvalue weighted by atomic mass is 35.5. The Bertz CT molecular complexity index is 875. The second kappa shape index (κ2) is 9.69. The van der Waals surface area contributed by atoms with E-state index in [1.54, 1.807) is 24.3 Å². The topological polar surface area (TPSA) is 60.4 Å². The van der Waals surface area contributed by atoms with Gasteiger partial charge in [-0.15, -0.1) is 0 Å². The highest BCUT2D eigenvalue weighted by molar-refractivity contribution is 8.07. The lowest BCUT2D eigenvalue weighted by Crippen LogP contribution is -2.28. The molecule has 0 N–H and O–H groups in total. The molecular formula is C21H25ClN2O4S. The van der Waals surface area contributed by atoms with E-state index in [2.05, 4.69) is 10.1 Å². The van der Waals surface area contributed by atoms with Crippen LogP contribution >= 0.6 is 23.4 Å². The van der Waals surface area contributed by atoms with Crippen LogP contribution in [0.1, 0.15) is 37.0 Å². The van der Waals surface area contributed by atoms with Crippen molar-refractivity contribution in [1.82, 2.24) is 4.90 Å². The van der Waals surface area contributed by atoms with Crippen molar-refractivity contribution >= 4 is 34.9 Å². The van der Waals surface area contributed by atoms with Gasteiger partial charge in [0.1, 0.15) is 12.9 Å². The summed E-state index contributed by atoms with van der Waals surface area (Å²) in [4.78, 5) is 21.1. The van der Waals surface area contributed by atoms with Gasteiger partial charge in [0.05, 0.1) is 34.4 Å². The average Bonchev–Trinajstić information content (AvgIpc) is 3.32. The number of hydrogen-bond acceptors (Lipinski definition) is 7. The first kappa shape index (κ1) is 21.7. The van der Waals surface area contributed by atoms with Crippen molar-refractivity contribution in [2.45, 2.75) is 32.8 Å². The number of oxime groups is 1. The minimum atomic E-state index is -0.167. The summed E-state index contributed by atoms with van der Waals surface area (Å²) < 4.78 is 11.2. The minimum Gasteiger partial charge on any atom is -0.496 e. The largest absolute Gasteiger partial charge is 0.496 e. The quantitative estimate of drug-likeness (QED) is 0.263.